The Balaban J connectivity index is 2.45. The number of carbonyl (C=O) groups is 3. The molecule has 1 heterocycles. The lowest BCUT2D eigenvalue weighted by Crippen LogP contribution is -2.58. The first-order valence-electron chi connectivity index (χ1n) is 6.96. The number of primary amides is 1. The van der Waals surface area contributed by atoms with Crippen molar-refractivity contribution in [1.82, 2.24) is 5.32 Å². The van der Waals surface area contributed by atoms with Gasteiger partial charge in [0, 0.05) is 0 Å². The van der Waals surface area contributed by atoms with E-state index < -0.39 is 23.3 Å². The van der Waals surface area contributed by atoms with Crippen LogP contribution in [0.15, 0.2) is 12.1 Å². The van der Waals surface area contributed by atoms with Gasteiger partial charge in [0.1, 0.15) is 11.1 Å². The molecule has 0 fully saturated rings. The Morgan fingerprint density at radius 3 is 2.48 bits per heavy atom. The van der Waals surface area contributed by atoms with Crippen LogP contribution in [0.3, 0.4) is 0 Å². The molecule has 23 heavy (non-hydrogen) atoms. The first kappa shape index (κ1) is 16.6. The van der Waals surface area contributed by atoms with Crippen molar-refractivity contribution >= 4 is 17.8 Å². The Hall–Kier alpha value is -2.77. The quantitative estimate of drug-likeness (QED) is 0.733. The Bertz CT molecular complexity index is 685. The highest BCUT2D eigenvalue weighted by molar-refractivity contribution is 6.08. The molecule has 0 aliphatic carbocycles. The number of hydrogen-bond donors (Lipinski definition) is 3. The minimum Gasteiger partial charge on any atom is -0.478 e. The predicted molar refractivity (Wildman–Crippen MR) is 79.4 cm³/mol. The average Bonchev–Trinajstić information content (AvgIpc) is 2.93. The number of nitrogens with one attached hydrogen (secondary N) is 1. The molecule has 0 saturated carbocycles. The van der Waals surface area contributed by atoms with Crippen molar-refractivity contribution < 1.29 is 29.0 Å². The molecule has 1 unspecified atom stereocenters. The summed E-state index contributed by atoms with van der Waals surface area (Å²) in [6.07, 6.45) is 0. The van der Waals surface area contributed by atoms with Crippen LogP contribution in [0.4, 0.5) is 0 Å². The van der Waals surface area contributed by atoms with Gasteiger partial charge in [0.05, 0.1) is 5.56 Å². The first-order chi connectivity index (χ1) is 10.7. The molecular formula is C15H18N2O6. The van der Waals surface area contributed by atoms with Gasteiger partial charge in [-0.15, -0.1) is 0 Å². The lowest BCUT2D eigenvalue weighted by Gasteiger charge is -2.31. The Morgan fingerprint density at radius 1 is 1.30 bits per heavy atom. The van der Waals surface area contributed by atoms with Crippen LogP contribution < -0.4 is 20.5 Å². The number of aromatic carboxylic acids is 1. The maximum absolute atomic E-state index is 12.5. The van der Waals surface area contributed by atoms with Crippen LogP contribution >= 0.6 is 0 Å². The molecule has 0 radical (unpaired) electrons. The molecule has 0 spiro atoms. The summed E-state index contributed by atoms with van der Waals surface area (Å²) in [5.74, 6) is -2.81. The fourth-order valence-electron chi connectivity index (χ4n) is 2.17. The Labute approximate surface area is 132 Å². The van der Waals surface area contributed by atoms with Gasteiger partial charge in [0.25, 0.3) is 5.91 Å². The van der Waals surface area contributed by atoms with E-state index in [4.69, 9.17) is 15.2 Å². The van der Waals surface area contributed by atoms with Gasteiger partial charge in [-0.05, 0) is 25.0 Å². The lowest BCUT2D eigenvalue weighted by atomic mass is 9.87. The summed E-state index contributed by atoms with van der Waals surface area (Å²) in [5, 5.41) is 11.9. The number of fused-ring (bicyclic) bond motifs is 1. The van der Waals surface area contributed by atoms with Crippen LogP contribution in [0.5, 0.6) is 11.5 Å². The van der Waals surface area contributed by atoms with Crippen LogP contribution in [0.25, 0.3) is 0 Å². The minimum absolute atomic E-state index is 0.00419. The number of hydrogen-bond acceptors (Lipinski definition) is 5. The first-order valence-corrected chi connectivity index (χ1v) is 6.96. The van der Waals surface area contributed by atoms with E-state index in [1.54, 1.807) is 13.8 Å². The largest absolute Gasteiger partial charge is 0.478 e. The highest BCUT2D eigenvalue weighted by Crippen LogP contribution is 2.37. The van der Waals surface area contributed by atoms with E-state index in [1.807, 2.05) is 0 Å². The van der Waals surface area contributed by atoms with Gasteiger partial charge in [-0.3, -0.25) is 9.59 Å². The van der Waals surface area contributed by atoms with Crippen molar-refractivity contribution in [3.8, 4) is 11.5 Å². The molecule has 1 aliphatic rings. The normalized spacial score (nSPS) is 15.1. The lowest BCUT2D eigenvalue weighted by molar-refractivity contribution is -0.125. The van der Waals surface area contributed by atoms with E-state index in [1.165, 1.54) is 19.1 Å². The monoisotopic (exact) mass is 322 g/mol. The summed E-state index contributed by atoms with van der Waals surface area (Å²) < 4.78 is 10.2. The predicted octanol–water partition coefficient (Wildman–Crippen LogP) is 0.743. The van der Waals surface area contributed by atoms with Gasteiger partial charge in [-0.25, -0.2) is 4.79 Å². The Kier molecular flexibility index (Phi) is 4.18. The van der Waals surface area contributed by atoms with Gasteiger partial charge >= 0.3 is 5.97 Å². The number of benzene rings is 1. The molecule has 4 N–H and O–H groups in total. The molecule has 0 bridgehead atoms. The zero-order valence-corrected chi connectivity index (χ0v) is 13.0. The third-order valence-electron chi connectivity index (χ3n) is 4.04. The van der Waals surface area contributed by atoms with Crippen molar-refractivity contribution in [2.75, 3.05) is 6.79 Å². The van der Waals surface area contributed by atoms with Crippen LogP contribution in [-0.2, 0) is 4.79 Å². The topological polar surface area (TPSA) is 128 Å². The average molecular weight is 322 g/mol. The summed E-state index contributed by atoms with van der Waals surface area (Å²) in [6.45, 7) is 4.82. The molecule has 8 heteroatoms. The number of carbonyl (C=O) groups excluding carboxylic acids is 2. The fourth-order valence-corrected chi connectivity index (χ4v) is 2.17. The van der Waals surface area contributed by atoms with Crippen molar-refractivity contribution in [2.45, 2.75) is 26.3 Å². The summed E-state index contributed by atoms with van der Waals surface area (Å²) in [7, 11) is 0. The third kappa shape index (κ3) is 2.79. The molecular weight excluding hydrogens is 304 g/mol. The zero-order chi connectivity index (χ0) is 17.4. The second-order valence-corrected chi connectivity index (χ2v) is 5.70. The van der Waals surface area contributed by atoms with Crippen molar-refractivity contribution in [3.63, 3.8) is 0 Å². The van der Waals surface area contributed by atoms with Gasteiger partial charge in [-0.1, -0.05) is 13.8 Å². The van der Waals surface area contributed by atoms with E-state index in [0.717, 1.165) is 0 Å². The van der Waals surface area contributed by atoms with Gasteiger partial charge in [0.2, 0.25) is 12.7 Å². The summed E-state index contributed by atoms with van der Waals surface area (Å²) >= 11 is 0. The molecule has 1 aliphatic heterocycles. The van der Waals surface area contributed by atoms with E-state index in [2.05, 4.69) is 5.32 Å². The molecule has 1 atom stereocenters. The smallest absolute Gasteiger partial charge is 0.340 e. The second kappa shape index (κ2) is 5.79. The molecule has 0 saturated heterocycles. The maximum Gasteiger partial charge on any atom is 0.340 e. The van der Waals surface area contributed by atoms with Crippen LogP contribution in [-0.4, -0.2) is 35.2 Å². The van der Waals surface area contributed by atoms with E-state index in [-0.39, 0.29) is 35.3 Å². The number of ether oxygens (including phenoxy) is 2. The summed E-state index contributed by atoms with van der Waals surface area (Å²) in [4.78, 5) is 35.7. The maximum atomic E-state index is 12.5. The fraction of sp³-hybridized carbons (Fsp3) is 0.400. The molecule has 1 aromatic rings. The van der Waals surface area contributed by atoms with Crippen LogP contribution in [0, 0.1) is 5.92 Å². The number of amides is 2. The van der Waals surface area contributed by atoms with Gasteiger partial charge in [0.15, 0.2) is 11.5 Å². The highest BCUT2D eigenvalue weighted by Gasteiger charge is 2.38. The molecule has 0 aromatic heterocycles. The number of rotatable bonds is 5. The second-order valence-electron chi connectivity index (χ2n) is 5.70. The number of carboxylic acids is 1. The molecule has 2 rings (SSSR count). The zero-order valence-electron chi connectivity index (χ0n) is 13.0. The molecule has 2 amide bonds. The Morgan fingerprint density at radius 2 is 1.96 bits per heavy atom. The number of nitrogens with two attached hydrogens (primary N) is 1. The SMILES string of the molecule is CC(C)C(C)(NC(=O)c1ccc2c(c1C(=O)O)OCO2)C(N)=O. The van der Waals surface area contributed by atoms with Crippen molar-refractivity contribution in [1.29, 1.82) is 0 Å². The standard InChI is InChI=1S/C15H18N2O6/c1-7(2)15(3,14(16)21)17-12(18)8-4-5-9-11(23-6-22-9)10(8)13(19)20/h4-5,7H,6H2,1-3H3,(H2,16,21)(H,17,18)(H,19,20). The third-order valence-corrected chi connectivity index (χ3v) is 4.04. The van der Waals surface area contributed by atoms with Crippen molar-refractivity contribution in [3.05, 3.63) is 23.3 Å². The molecule has 1 aromatic carbocycles. The summed E-state index contributed by atoms with van der Waals surface area (Å²) in [6, 6.07) is 2.76. The molecule has 124 valence electrons. The van der Waals surface area contributed by atoms with Gasteiger partial charge < -0.3 is 25.6 Å². The van der Waals surface area contributed by atoms with Gasteiger partial charge in [-0.2, -0.15) is 0 Å². The minimum atomic E-state index is -1.33. The highest BCUT2D eigenvalue weighted by atomic mass is 16.7. The van der Waals surface area contributed by atoms with Crippen LogP contribution in [0.1, 0.15) is 41.5 Å². The van der Waals surface area contributed by atoms with E-state index in [0.29, 0.717) is 0 Å². The molecule has 8 nitrogen and oxygen atoms in total. The summed E-state index contributed by atoms with van der Waals surface area (Å²) in [5.41, 5.74) is 3.61. The van der Waals surface area contributed by atoms with Crippen LogP contribution in [0.2, 0.25) is 0 Å². The number of carboxylic acid groups (broad SMARTS) is 1. The van der Waals surface area contributed by atoms with E-state index in [9.17, 15) is 19.5 Å². The van der Waals surface area contributed by atoms with Crippen molar-refractivity contribution in [2.24, 2.45) is 11.7 Å². The van der Waals surface area contributed by atoms with E-state index >= 15 is 0 Å².